The number of nitrogens with one attached hydrogen (secondary N) is 2. The number of carbonyl (C=O) groups excluding carboxylic acids is 2. The molecule has 0 aliphatic heterocycles. The fourth-order valence-electron chi connectivity index (χ4n) is 4.08. The Balaban J connectivity index is 1.40. The number of amides is 2. The second kappa shape index (κ2) is 10.8. The smallest absolute Gasteiger partial charge is 0.407 e. The average molecular weight is 439 g/mol. The predicted octanol–water partition coefficient (Wildman–Crippen LogP) is 3.92. The first-order valence-corrected chi connectivity index (χ1v) is 11.0. The van der Waals surface area contributed by atoms with Crippen molar-refractivity contribution in [3.05, 3.63) is 59.7 Å². The Kier molecular flexibility index (Phi) is 7.87. The molecule has 0 saturated carbocycles. The van der Waals surface area contributed by atoms with Gasteiger partial charge in [0.1, 0.15) is 6.61 Å². The first-order valence-electron chi connectivity index (χ1n) is 11.0. The maximum absolute atomic E-state index is 12.2. The highest BCUT2D eigenvalue weighted by Crippen LogP contribution is 2.44. The number of ether oxygens (including phenoxy) is 1. The molecule has 2 amide bonds. The summed E-state index contributed by atoms with van der Waals surface area (Å²) in [4.78, 5) is 35.0. The molecule has 0 spiro atoms. The fraction of sp³-hybridized carbons (Fsp3) is 0.400. The minimum absolute atomic E-state index is 0.0182. The molecule has 2 aromatic carbocycles. The average Bonchev–Trinajstić information content (AvgIpc) is 3.08. The summed E-state index contributed by atoms with van der Waals surface area (Å²) in [6, 6.07) is 15.9. The van der Waals surface area contributed by atoms with E-state index in [0.29, 0.717) is 19.4 Å². The van der Waals surface area contributed by atoms with Crippen LogP contribution in [0.5, 0.6) is 0 Å². The van der Waals surface area contributed by atoms with Gasteiger partial charge in [0.05, 0.1) is 6.42 Å². The van der Waals surface area contributed by atoms with Gasteiger partial charge in [-0.2, -0.15) is 0 Å². The summed E-state index contributed by atoms with van der Waals surface area (Å²) in [5.41, 5.74) is 4.70. The summed E-state index contributed by atoms with van der Waals surface area (Å²) < 4.78 is 5.50. The molecule has 7 heteroatoms. The van der Waals surface area contributed by atoms with E-state index in [1.807, 2.05) is 24.3 Å². The van der Waals surface area contributed by atoms with Gasteiger partial charge in [0.15, 0.2) is 0 Å². The second-order valence-corrected chi connectivity index (χ2v) is 8.30. The Hall–Kier alpha value is -3.35. The molecular formula is C25H30N2O5. The summed E-state index contributed by atoms with van der Waals surface area (Å²) >= 11 is 0. The van der Waals surface area contributed by atoms with E-state index in [1.54, 1.807) is 13.8 Å². The molecule has 0 aromatic heterocycles. The van der Waals surface area contributed by atoms with Crippen molar-refractivity contribution in [2.24, 2.45) is 5.92 Å². The van der Waals surface area contributed by atoms with Crippen LogP contribution in [0.25, 0.3) is 11.1 Å². The van der Waals surface area contributed by atoms with Gasteiger partial charge < -0.3 is 20.5 Å². The number of benzene rings is 2. The fourth-order valence-corrected chi connectivity index (χ4v) is 4.08. The maximum Gasteiger partial charge on any atom is 0.407 e. The Labute approximate surface area is 188 Å². The maximum atomic E-state index is 12.2. The van der Waals surface area contributed by atoms with E-state index in [9.17, 15) is 14.4 Å². The zero-order valence-corrected chi connectivity index (χ0v) is 18.5. The van der Waals surface area contributed by atoms with Gasteiger partial charge in [-0.05, 0) is 42.0 Å². The van der Waals surface area contributed by atoms with Gasteiger partial charge in [0, 0.05) is 24.4 Å². The van der Waals surface area contributed by atoms with Crippen LogP contribution in [-0.4, -0.2) is 42.3 Å². The zero-order chi connectivity index (χ0) is 23.1. The highest BCUT2D eigenvalue weighted by Gasteiger charge is 2.29. The number of rotatable bonds is 10. The molecule has 1 aliphatic rings. The second-order valence-electron chi connectivity index (χ2n) is 8.30. The molecule has 1 unspecified atom stereocenters. The lowest BCUT2D eigenvalue weighted by molar-refractivity contribution is -0.137. The van der Waals surface area contributed by atoms with Crippen molar-refractivity contribution >= 4 is 18.0 Å². The summed E-state index contributed by atoms with van der Waals surface area (Å²) in [6.07, 6.45) is 0.613. The van der Waals surface area contributed by atoms with Gasteiger partial charge in [0.2, 0.25) is 5.91 Å². The topological polar surface area (TPSA) is 105 Å². The van der Waals surface area contributed by atoms with Crippen LogP contribution in [0, 0.1) is 5.92 Å². The van der Waals surface area contributed by atoms with Crippen LogP contribution >= 0.6 is 0 Å². The summed E-state index contributed by atoms with van der Waals surface area (Å²) in [6.45, 7) is 4.12. The summed E-state index contributed by atoms with van der Waals surface area (Å²) in [5, 5.41) is 14.2. The van der Waals surface area contributed by atoms with Gasteiger partial charge in [-0.1, -0.05) is 55.5 Å². The molecule has 3 rings (SSSR count). The minimum Gasteiger partial charge on any atom is -0.481 e. The lowest BCUT2D eigenvalue weighted by Crippen LogP contribution is -2.37. The number of carboxylic acids is 1. The normalized spacial score (nSPS) is 14.1. The summed E-state index contributed by atoms with van der Waals surface area (Å²) in [7, 11) is 0. The number of fused-ring (bicyclic) bond motifs is 3. The molecule has 0 fully saturated rings. The molecule has 0 radical (unpaired) electrons. The van der Waals surface area contributed by atoms with Crippen molar-refractivity contribution in [2.45, 2.75) is 45.1 Å². The van der Waals surface area contributed by atoms with Crippen molar-refractivity contribution in [1.82, 2.24) is 10.6 Å². The van der Waals surface area contributed by atoms with Crippen LogP contribution in [0.1, 0.15) is 50.2 Å². The number of hydrogen-bond acceptors (Lipinski definition) is 4. The largest absolute Gasteiger partial charge is 0.481 e. The van der Waals surface area contributed by atoms with Crippen LogP contribution in [0.3, 0.4) is 0 Å². The third kappa shape index (κ3) is 5.87. The Morgan fingerprint density at radius 1 is 1.00 bits per heavy atom. The van der Waals surface area contributed by atoms with Crippen LogP contribution in [0.4, 0.5) is 4.79 Å². The molecule has 170 valence electrons. The number of alkyl carbamates (subject to hydrolysis) is 1. The molecular weight excluding hydrogens is 408 g/mol. The van der Waals surface area contributed by atoms with E-state index < -0.39 is 18.1 Å². The molecule has 0 saturated heterocycles. The lowest BCUT2D eigenvalue weighted by Gasteiger charge is -2.17. The first kappa shape index (κ1) is 23.3. The Morgan fingerprint density at radius 3 is 2.19 bits per heavy atom. The van der Waals surface area contributed by atoms with Crippen LogP contribution in [0.2, 0.25) is 0 Å². The number of aliphatic carboxylic acids is 1. The van der Waals surface area contributed by atoms with Crippen LogP contribution < -0.4 is 10.6 Å². The molecule has 2 aromatic rings. The molecule has 3 N–H and O–H groups in total. The SMILES string of the molecule is CC(CCCNC(=O)OCC1c2ccccc2-c2ccccc21)C(=O)N[C@@H](C)CC(=O)O. The Morgan fingerprint density at radius 2 is 1.59 bits per heavy atom. The van der Waals surface area contributed by atoms with Crippen molar-refractivity contribution in [1.29, 1.82) is 0 Å². The lowest BCUT2D eigenvalue weighted by atomic mass is 9.98. The molecule has 1 aliphatic carbocycles. The van der Waals surface area contributed by atoms with Crippen molar-refractivity contribution < 1.29 is 24.2 Å². The third-order valence-corrected chi connectivity index (χ3v) is 5.74. The van der Waals surface area contributed by atoms with E-state index in [-0.39, 0.29) is 30.8 Å². The van der Waals surface area contributed by atoms with Gasteiger partial charge in [-0.25, -0.2) is 4.79 Å². The van der Waals surface area contributed by atoms with E-state index in [0.717, 1.165) is 0 Å². The highest BCUT2D eigenvalue weighted by molar-refractivity contribution is 5.80. The van der Waals surface area contributed by atoms with Crippen molar-refractivity contribution in [3.63, 3.8) is 0 Å². The molecule has 2 atom stereocenters. The van der Waals surface area contributed by atoms with Gasteiger partial charge in [-0.15, -0.1) is 0 Å². The standard InChI is InChI=1S/C25H30N2O5/c1-16(24(30)27-17(2)14-23(28)29)8-7-13-26-25(31)32-15-22-20-11-5-3-9-18(20)19-10-4-6-12-21(19)22/h3-6,9-12,16-17,22H,7-8,13-15H2,1-2H3,(H,26,31)(H,27,30)(H,28,29)/t16?,17-/m0/s1. The molecule has 0 heterocycles. The third-order valence-electron chi connectivity index (χ3n) is 5.74. The van der Waals surface area contributed by atoms with Crippen molar-refractivity contribution in [3.8, 4) is 11.1 Å². The van der Waals surface area contributed by atoms with Crippen LogP contribution in [0.15, 0.2) is 48.5 Å². The van der Waals surface area contributed by atoms with Gasteiger partial charge >= 0.3 is 12.1 Å². The highest BCUT2D eigenvalue weighted by atomic mass is 16.5. The number of hydrogen-bond donors (Lipinski definition) is 3. The monoisotopic (exact) mass is 438 g/mol. The summed E-state index contributed by atoms with van der Waals surface area (Å²) in [5.74, 6) is -1.38. The van der Waals surface area contributed by atoms with Gasteiger partial charge in [0.25, 0.3) is 0 Å². The number of carboxylic acid groups (broad SMARTS) is 1. The Bertz CT molecular complexity index is 929. The molecule has 0 bridgehead atoms. The van der Waals surface area contributed by atoms with E-state index >= 15 is 0 Å². The van der Waals surface area contributed by atoms with Gasteiger partial charge in [-0.3, -0.25) is 9.59 Å². The predicted molar refractivity (Wildman–Crippen MR) is 121 cm³/mol. The quantitative estimate of drug-likeness (QED) is 0.488. The van der Waals surface area contributed by atoms with E-state index in [2.05, 4.69) is 34.9 Å². The first-order chi connectivity index (χ1) is 15.4. The minimum atomic E-state index is -0.947. The zero-order valence-electron chi connectivity index (χ0n) is 18.5. The molecule has 32 heavy (non-hydrogen) atoms. The van der Waals surface area contributed by atoms with Crippen molar-refractivity contribution in [2.75, 3.05) is 13.2 Å². The molecule has 7 nitrogen and oxygen atoms in total. The van der Waals surface area contributed by atoms with Crippen LogP contribution in [-0.2, 0) is 14.3 Å². The van der Waals surface area contributed by atoms with E-state index in [1.165, 1.54) is 22.3 Å². The van der Waals surface area contributed by atoms with E-state index in [4.69, 9.17) is 9.84 Å². The number of carbonyl (C=O) groups is 3.